The number of hydrogen-bond donors (Lipinski definition) is 2. The first kappa shape index (κ1) is 15.5. The highest BCUT2D eigenvalue weighted by molar-refractivity contribution is 5.98. The van der Waals surface area contributed by atoms with Crippen molar-refractivity contribution in [3.05, 3.63) is 58.1 Å². The maximum atomic E-state index is 11.9. The highest BCUT2D eigenvalue weighted by Crippen LogP contribution is 2.29. The van der Waals surface area contributed by atoms with Crippen molar-refractivity contribution in [2.24, 2.45) is 0 Å². The monoisotopic (exact) mass is 326 g/mol. The molecule has 0 aliphatic carbocycles. The Morgan fingerprint density at radius 2 is 1.83 bits per heavy atom. The van der Waals surface area contributed by atoms with E-state index in [1.165, 1.54) is 0 Å². The molecule has 7 heteroatoms. The number of H-pyrrole nitrogens is 1. The summed E-state index contributed by atoms with van der Waals surface area (Å²) in [6.45, 7) is 0.382. The van der Waals surface area contributed by atoms with Gasteiger partial charge in [-0.15, -0.1) is 0 Å². The van der Waals surface area contributed by atoms with Crippen LogP contribution in [0.1, 0.15) is 15.9 Å². The third kappa shape index (κ3) is 2.67. The summed E-state index contributed by atoms with van der Waals surface area (Å²) in [4.78, 5) is 35.8. The van der Waals surface area contributed by atoms with Gasteiger partial charge in [-0.25, -0.2) is 4.79 Å². The molecule has 0 bridgehead atoms. The number of aromatic amines is 1. The van der Waals surface area contributed by atoms with E-state index in [2.05, 4.69) is 4.98 Å². The summed E-state index contributed by atoms with van der Waals surface area (Å²) in [6.07, 6.45) is 0. The van der Waals surface area contributed by atoms with Crippen molar-refractivity contribution in [2.45, 2.75) is 6.54 Å². The van der Waals surface area contributed by atoms with Crippen LogP contribution in [0.4, 0.5) is 0 Å². The van der Waals surface area contributed by atoms with Crippen LogP contribution in [0.3, 0.4) is 0 Å². The lowest BCUT2D eigenvalue weighted by atomic mass is 10.0. The molecule has 2 heterocycles. The van der Waals surface area contributed by atoms with Crippen LogP contribution < -0.4 is 5.76 Å². The van der Waals surface area contributed by atoms with E-state index in [1.54, 1.807) is 18.0 Å². The van der Waals surface area contributed by atoms with E-state index >= 15 is 0 Å². The third-order valence-electron chi connectivity index (χ3n) is 3.84. The molecular weight excluding hydrogens is 312 g/mol. The van der Waals surface area contributed by atoms with Crippen LogP contribution in [0.5, 0.6) is 0 Å². The van der Waals surface area contributed by atoms with E-state index < -0.39 is 5.76 Å². The number of aromatic nitrogens is 1. The molecule has 0 spiro atoms. The van der Waals surface area contributed by atoms with Gasteiger partial charge in [-0.1, -0.05) is 12.1 Å². The molecule has 1 aliphatic rings. The van der Waals surface area contributed by atoms with Crippen molar-refractivity contribution in [1.29, 1.82) is 0 Å². The molecule has 122 valence electrons. The Balaban J connectivity index is 0.000000526. The highest BCUT2D eigenvalue weighted by Gasteiger charge is 2.24. The first-order valence-corrected chi connectivity index (χ1v) is 7.13. The Bertz CT molecular complexity index is 986. The van der Waals surface area contributed by atoms with Crippen LogP contribution in [0, 0.1) is 0 Å². The minimum absolute atomic E-state index is 0.0613. The molecular formula is C17H14N2O5. The van der Waals surface area contributed by atoms with Crippen molar-refractivity contribution in [1.82, 2.24) is 9.88 Å². The molecule has 7 nitrogen and oxygen atoms in total. The van der Waals surface area contributed by atoms with Crippen molar-refractivity contribution in [3.63, 3.8) is 0 Å². The van der Waals surface area contributed by atoms with E-state index in [9.17, 15) is 9.59 Å². The SMILES string of the molecule is CN1Cc2cc(-c3ccc4oc(=O)[nH]c4c3)ccc2C1=O.O=CO. The van der Waals surface area contributed by atoms with E-state index in [0.29, 0.717) is 17.6 Å². The molecule has 2 N–H and O–H groups in total. The first-order chi connectivity index (χ1) is 11.5. The second kappa shape index (κ2) is 6.04. The molecule has 0 atom stereocenters. The van der Waals surface area contributed by atoms with Crippen molar-refractivity contribution in [2.75, 3.05) is 7.05 Å². The zero-order valence-corrected chi connectivity index (χ0v) is 12.8. The first-order valence-electron chi connectivity index (χ1n) is 7.13. The lowest BCUT2D eigenvalue weighted by Gasteiger charge is -2.04. The molecule has 0 saturated carbocycles. The number of benzene rings is 2. The van der Waals surface area contributed by atoms with E-state index in [4.69, 9.17) is 14.3 Å². The fourth-order valence-electron chi connectivity index (χ4n) is 2.78. The van der Waals surface area contributed by atoms with Crippen LogP contribution in [-0.4, -0.2) is 34.4 Å². The summed E-state index contributed by atoms with van der Waals surface area (Å²) in [7, 11) is 1.80. The average Bonchev–Trinajstić information content (AvgIpc) is 3.06. The predicted molar refractivity (Wildman–Crippen MR) is 86.8 cm³/mol. The summed E-state index contributed by atoms with van der Waals surface area (Å²) in [5, 5.41) is 6.89. The lowest BCUT2D eigenvalue weighted by Crippen LogP contribution is -2.17. The summed E-state index contributed by atoms with van der Waals surface area (Å²) in [5.74, 6) is -0.394. The molecule has 1 amide bonds. The van der Waals surface area contributed by atoms with Gasteiger partial charge in [0.1, 0.15) is 0 Å². The Kier molecular flexibility index (Phi) is 3.91. The van der Waals surface area contributed by atoms with Gasteiger partial charge in [0, 0.05) is 19.2 Å². The van der Waals surface area contributed by atoms with Crippen molar-refractivity contribution < 1.29 is 19.1 Å². The number of hydrogen-bond acceptors (Lipinski definition) is 4. The normalized spacial score (nSPS) is 12.7. The average molecular weight is 326 g/mol. The molecule has 0 unspecified atom stereocenters. The molecule has 0 radical (unpaired) electrons. The van der Waals surface area contributed by atoms with Crippen LogP contribution in [0.15, 0.2) is 45.6 Å². The van der Waals surface area contributed by atoms with Crippen LogP contribution in [0.25, 0.3) is 22.2 Å². The largest absolute Gasteiger partial charge is 0.483 e. The highest BCUT2D eigenvalue weighted by atomic mass is 16.4. The Labute approximate surface area is 136 Å². The van der Waals surface area contributed by atoms with Gasteiger partial charge in [0.25, 0.3) is 12.4 Å². The minimum atomic E-state index is -0.455. The number of carbonyl (C=O) groups excluding carboxylic acids is 1. The Morgan fingerprint density at radius 3 is 2.58 bits per heavy atom. The van der Waals surface area contributed by atoms with Gasteiger partial charge < -0.3 is 14.4 Å². The Hall–Kier alpha value is -3.35. The molecule has 0 fully saturated rings. The second-order valence-corrected chi connectivity index (χ2v) is 5.36. The minimum Gasteiger partial charge on any atom is -0.483 e. The van der Waals surface area contributed by atoms with Gasteiger partial charge >= 0.3 is 5.76 Å². The smallest absolute Gasteiger partial charge is 0.417 e. The fraction of sp³-hybridized carbons (Fsp3) is 0.118. The van der Waals surface area contributed by atoms with Gasteiger partial charge in [-0.2, -0.15) is 0 Å². The summed E-state index contributed by atoms with van der Waals surface area (Å²) in [5.41, 5.74) is 5.00. The summed E-state index contributed by atoms with van der Waals surface area (Å²) < 4.78 is 5.00. The molecule has 0 saturated heterocycles. The molecule has 2 aromatic carbocycles. The van der Waals surface area contributed by atoms with E-state index in [-0.39, 0.29) is 12.4 Å². The van der Waals surface area contributed by atoms with Crippen LogP contribution in [-0.2, 0) is 11.3 Å². The van der Waals surface area contributed by atoms with Gasteiger partial charge in [0.2, 0.25) is 0 Å². The fourth-order valence-corrected chi connectivity index (χ4v) is 2.78. The zero-order chi connectivity index (χ0) is 17.3. The van der Waals surface area contributed by atoms with Gasteiger partial charge in [0.05, 0.1) is 5.52 Å². The number of nitrogens with zero attached hydrogens (tertiary/aromatic N) is 1. The molecule has 1 aromatic heterocycles. The van der Waals surface area contributed by atoms with E-state index in [1.807, 2.05) is 30.3 Å². The van der Waals surface area contributed by atoms with Gasteiger partial charge in [-0.05, 0) is 41.0 Å². The summed E-state index contributed by atoms with van der Waals surface area (Å²) >= 11 is 0. The standard InChI is InChI=1S/C16H12N2O3.CH2O2/c1-18-8-11-6-9(2-4-12(11)15(18)19)10-3-5-14-13(7-10)17-16(20)21-14;2-1-3/h2-7H,8H2,1H3,(H,17,20);1H,(H,2,3). The number of amides is 1. The van der Waals surface area contributed by atoms with Gasteiger partial charge in [0.15, 0.2) is 5.58 Å². The molecule has 1 aliphatic heterocycles. The Morgan fingerprint density at radius 1 is 1.17 bits per heavy atom. The third-order valence-corrected chi connectivity index (χ3v) is 3.84. The van der Waals surface area contributed by atoms with Crippen LogP contribution in [0.2, 0.25) is 0 Å². The number of rotatable bonds is 1. The number of carbonyl (C=O) groups is 2. The predicted octanol–water partition coefficient (Wildman–Crippen LogP) is 2.07. The van der Waals surface area contributed by atoms with Crippen molar-refractivity contribution in [3.8, 4) is 11.1 Å². The number of carboxylic acid groups (broad SMARTS) is 1. The van der Waals surface area contributed by atoms with Crippen molar-refractivity contribution >= 4 is 23.5 Å². The maximum Gasteiger partial charge on any atom is 0.417 e. The number of nitrogens with one attached hydrogen (secondary N) is 1. The summed E-state index contributed by atoms with van der Waals surface area (Å²) in [6, 6.07) is 11.4. The number of oxazole rings is 1. The molecule has 3 aromatic rings. The van der Waals surface area contributed by atoms with Crippen LogP contribution >= 0.6 is 0 Å². The topological polar surface area (TPSA) is 104 Å². The lowest BCUT2D eigenvalue weighted by molar-refractivity contribution is -0.122. The second-order valence-electron chi connectivity index (χ2n) is 5.36. The zero-order valence-electron chi connectivity index (χ0n) is 12.8. The van der Waals surface area contributed by atoms with Gasteiger partial charge in [-0.3, -0.25) is 14.6 Å². The maximum absolute atomic E-state index is 11.9. The van der Waals surface area contributed by atoms with E-state index in [0.717, 1.165) is 22.3 Å². The molecule has 4 rings (SSSR count). The number of fused-ring (bicyclic) bond motifs is 2. The quantitative estimate of drug-likeness (QED) is 0.666. The molecule has 24 heavy (non-hydrogen) atoms.